The van der Waals surface area contributed by atoms with Crippen LogP contribution in [0.3, 0.4) is 0 Å². The molecule has 0 heterocycles. The van der Waals surface area contributed by atoms with Crippen molar-refractivity contribution in [1.82, 2.24) is 0 Å². The average Bonchev–Trinajstić information content (AvgIpc) is 2.11. The van der Waals surface area contributed by atoms with Gasteiger partial charge in [-0.3, -0.25) is 9.59 Å². The zero-order chi connectivity index (χ0) is 9.56. The van der Waals surface area contributed by atoms with Crippen LogP contribution in [0, 0.1) is 0 Å². The first kappa shape index (κ1) is 12.0. The Labute approximate surface area is 88.3 Å². The normalized spacial score (nSPS) is 14.2. The van der Waals surface area contributed by atoms with Gasteiger partial charge in [-0.2, -0.15) is 0 Å². The van der Waals surface area contributed by atoms with E-state index in [0.29, 0.717) is 6.47 Å². The molecule has 8 heteroatoms. The predicted octanol–water partition coefficient (Wildman–Crippen LogP) is -0.913. The summed E-state index contributed by atoms with van der Waals surface area (Å²) in [6.45, 7) is 0.325. The Bertz CT molecular complexity index is 167. The highest BCUT2D eigenvalue weighted by Gasteiger charge is 2.25. The SMILES string of the molecule is BOC(=O)[C@H](Br)[C@H](Br)BOC=O. The molecule has 0 aliphatic carbocycles. The Balaban J connectivity index is 3.82. The van der Waals surface area contributed by atoms with Crippen molar-refractivity contribution < 1.29 is 18.9 Å². The molecule has 0 N–H and O–H groups in total. The van der Waals surface area contributed by atoms with Gasteiger partial charge < -0.3 is 9.31 Å². The van der Waals surface area contributed by atoms with Crippen LogP contribution < -0.4 is 0 Å². The van der Waals surface area contributed by atoms with Crippen LogP contribution in [-0.4, -0.2) is 37.5 Å². The number of rotatable bonds is 5. The van der Waals surface area contributed by atoms with Gasteiger partial charge in [-0.15, -0.1) is 0 Å². The zero-order valence-corrected chi connectivity index (χ0v) is 9.50. The number of halogens is 2. The largest absolute Gasteiger partial charge is 0.543 e. The van der Waals surface area contributed by atoms with Gasteiger partial charge in [0, 0.05) is 0 Å². The predicted molar refractivity (Wildman–Crippen MR) is 54.4 cm³/mol. The molecule has 0 radical (unpaired) electrons. The summed E-state index contributed by atoms with van der Waals surface area (Å²) in [4.78, 5) is 20.2. The lowest BCUT2D eigenvalue weighted by Crippen LogP contribution is -2.31. The smallest absolute Gasteiger partial charge is 0.359 e. The van der Waals surface area contributed by atoms with E-state index in [0.717, 1.165) is 0 Å². The number of alkyl halides is 2. The van der Waals surface area contributed by atoms with Gasteiger partial charge in [-0.1, -0.05) is 31.9 Å². The van der Waals surface area contributed by atoms with E-state index in [1.54, 1.807) is 0 Å². The zero-order valence-electron chi connectivity index (χ0n) is 6.33. The second-order valence-corrected chi connectivity index (χ2v) is 4.03. The molecule has 0 saturated heterocycles. The van der Waals surface area contributed by atoms with Gasteiger partial charge in [0.05, 0.1) is 4.73 Å². The van der Waals surface area contributed by atoms with E-state index < -0.39 is 10.8 Å². The first-order valence-corrected chi connectivity index (χ1v) is 4.87. The Kier molecular flexibility index (Phi) is 6.55. The number of carbonyl (C=O) groups excluding carboxylic acids is 2. The first-order valence-electron chi connectivity index (χ1n) is 3.04. The maximum absolute atomic E-state index is 10.9. The van der Waals surface area contributed by atoms with Crippen LogP contribution in [0.25, 0.3) is 0 Å². The molecule has 0 aromatic heterocycles. The molecule has 0 aromatic carbocycles. The fourth-order valence-corrected chi connectivity index (χ4v) is 1.18. The third-order valence-corrected chi connectivity index (χ3v) is 3.58. The van der Waals surface area contributed by atoms with E-state index in [1.807, 2.05) is 0 Å². The van der Waals surface area contributed by atoms with Crippen LogP contribution in [0.5, 0.6) is 0 Å². The van der Waals surface area contributed by atoms with Crippen molar-refractivity contribution in [2.24, 2.45) is 0 Å². The molecule has 4 nitrogen and oxygen atoms in total. The maximum Gasteiger partial charge on any atom is 0.359 e. The number of hydrogen-bond donors (Lipinski definition) is 0. The highest BCUT2D eigenvalue weighted by Crippen LogP contribution is 2.14. The maximum atomic E-state index is 10.9. The molecule has 0 bridgehead atoms. The van der Waals surface area contributed by atoms with Crippen LogP contribution in [0.15, 0.2) is 0 Å². The minimum Gasteiger partial charge on any atom is -0.543 e. The Morgan fingerprint density at radius 2 is 2.17 bits per heavy atom. The highest BCUT2D eigenvalue weighted by molar-refractivity contribution is 9.12. The van der Waals surface area contributed by atoms with E-state index in [4.69, 9.17) is 0 Å². The van der Waals surface area contributed by atoms with E-state index in [1.165, 1.54) is 8.05 Å². The highest BCUT2D eigenvalue weighted by atomic mass is 79.9. The quantitative estimate of drug-likeness (QED) is 0.375. The van der Waals surface area contributed by atoms with E-state index >= 15 is 0 Å². The number of carbonyl (C=O) groups is 2. The third kappa shape index (κ3) is 4.15. The van der Waals surface area contributed by atoms with Gasteiger partial charge >= 0.3 is 21.5 Å². The molecule has 0 aromatic rings. The van der Waals surface area contributed by atoms with Crippen LogP contribution in [0.2, 0.25) is 0 Å². The Hall–Kier alpha value is 0.0299. The molecule has 0 aliphatic heterocycles. The van der Waals surface area contributed by atoms with Crippen LogP contribution in [0.4, 0.5) is 0 Å². The second-order valence-electron chi connectivity index (χ2n) is 1.87. The number of hydrogen-bond acceptors (Lipinski definition) is 4. The van der Waals surface area contributed by atoms with Crippen molar-refractivity contribution in [3.63, 3.8) is 0 Å². The monoisotopic (exact) mass is 298 g/mol. The lowest BCUT2D eigenvalue weighted by molar-refractivity contribution is -0.133. The summed E-state index contributed by atoms with van der Waals surface area (Å²) in [7, 11) is 1.41. The van der Waals surface area contributed by atoms with Crippen molar-refractivity contribution in [1.29, 1.82) is 0 Å². The van der Waals surface area contributed by atoms with Crippen molar-refractivity contribution in [2.45, 2.75) is 9.55 Å². The molecule has 0 unspecified atom stereocenters. The lowest BCUT2D eigenvalue weighted by Gasteiger charge is -2.11. The topological polar surface area (TPSA) is 52.6 Å². The van der Waals surface area contributed by atoms with Crippen molar-refractivity contribution in [2.75, 3.05) is 0 Å². The molecule has 66 valence electrons. The summed E-state index contributed by atoms with van der Waals surface area (Å²) < 4.78 is 8.62. The van der Waals surface area contributed by atoms with E-state index in [2.05, 4.69) is 41.2 Å². The summed E-state index contributed by atoms with van der Waals surface area (Å²) in [6, 6.07) is 0. The summed E-state index contributed by atoms with van der Waals surface area (Å²) in [6.07, 6.45) is 0. The molecule has 0 fully saturated rings. The Morgan fingerprint density at radius 3 is 2.58 bits per heavy atom. The second kappa shape index (κ2) is 6.54. The minimum absolute atomic E-state index is 0.120. The molecule has 0 aliphatic rings. The molecule has 0 spiro atoms. The van der Waals surface area contributed by atoms with E-state index in [-0.39, 0.29) is 12.2 Å². The van der Waals surface area contributed by atoms with Crippen LogP contribution in [-0.2, 0) is 18.9 Å². The van der Waals surface area contributed by atoms with Crippen molar-refractivity contribution in [3.05, 3.63) is 0 Å². The summed E-state index contributed by atoms with van der Waals surface area (Å²) in [5, 5.41) is 0. The van der Waals surface area contributed by atoms with Gasteiger partial charge in [-0.25, -0.2) is 0 Å². The third-order valence-electron chi connectivity index (χ3n) is 1.07. The van der Waals surface area contributed by atoms with Crippen LogP contribution in [0.1, 0.15) is 0 Å². The lowest BCUT2D eigenvalue weighted by atomic mass is 9.93. The van der Waals surface area contributed by atoms with Gasteiger partial charge in [0.15, 0.2) is 0 Å². The van der Waals surface area contributed by atoms with Crippen molar-refractivity contribution >= 4 is 59.8 Å². The van der Waals surface area contributed by atoms with Crippen molar-refractivity contribution in [3.8, 4) is 0 Å². The standard InChI is InChI=1S/C4H6B2Br2O4/c5-12-4(10)2(7)3(8)6-11-1-9/h1-3,6H,5H2/t2-,3+/m1/s1. The van der Waals surface area contributed by atoms with Gasteiger partial charge in [0.1, 0.15) is 4.83 Å². The molecule has 12 heavy (non-hydrogen) atoms. The fraction of sp³-hybridized carbons (Fsp3) is 0.500. The molecular formula is C4H6B2Br2O4. The van der Waals surface area contributed by atoms with Gasteiger partial charge in [0.25, 0.3) is 6.47 Å². The van der Waals surface area contributed by atoms with Crippen LogP contribution >= 0.6 is 31.9 Å². The first-order chi connectivity index (χ1) is 5.63. The van der Waals surface area contributed by atoms with E-state index in [9.17, 15) is 9.59 Å². The summed E-state index contributed by atoms with van der Waals surface area (Å²) in [5.41, 5.74) is 0. The Morgan fingerprint density at radius 1 is 1.58 bits per heavy atom. The minimum atomic E-state index is -0.512. The van der Waals surface area contributed by atoms with Gasteiger partial charge in [-0.05, 0) is 0 Å². The average molecular weight is 300 g/mol. The van der Waals surface area contributed by atoms with Gasteiger partial charge in [0.2, 0.25) is 0 Å². The molecular weight excluding hydrogens is 293 g/mol. The molecule has 2 atom stereocenters. The molecule has 0 amide bonds. The molecule has 0 rings (SSSR count). The fourth-order valence-electron chi connectivity index (χ4n) is 0.476. The molecule has 0 saturated carbocycles. The summed E-state index contributed by atoms with van der Waals surface area (Å²) >= 11 is 6.24. The summed E-state index contributed by atoms with van der Waals surface area (Å²) in [5.74, 6) is -0.411.